The molecular formula is C12H15NO5. The Balaban J connectivity index is 2.53. The molecule has 0 aromatic heterocycles. The molecule has 0 aliphatic rings. The van der Waals surface area contributed by atoms with Crippen molar-refractivity contribution in [1.82, 2.24) is 0 Å². The van der Waals surface area contributed by atoms with Crippen molar-refractivity contribution < 1.29 is 24.5 Å². The third-order valence-electron chi connectivity index (χ3n) is 2.08. The number of ether oxygens (including phenoxy) is 2. The molecule has 0 bridgehead atoms. The van der Waals surface area contributed by atoms with E-state index in [1.165, 1.54) is 12.1 Å². The average molecular weight is 253 g/mol. The van der Waals surface area contributed by atoms with Gasteiger partial charge in [-0.25, -0.2) is 4.79 Å². The van der Waals surface area contributed by atoms with E-state index in [1.54, 1.807) is 12.1 Å². The molecule has 0 saturated heterocycles. The smallest absolute Gasteiger partial charge is 0.335 e. The minimum absolute atomic E-state index is 0.104. The van der Waals surface area contributed by atoms with Crippen LogP contribution in [0, 0.1) is 0 Å². The topological polar surface area (TPSA) is 88.4 Å². The van der Waals surface area contributed by atoms with Crippen molar-refractivity contribution in [3.63, 3.8) is 0 Å². The maximum absolute atomic E-state index is 10.8. The van der Waals surface area contributed by atoms with E-state index >= 15 is 0 Å². The second-order valence-electron chi connectivity index (χ2n) is 3.38. The van der Waals surface area contributed by atoms with Crippen LogP contribution in [-0.4, -0.2) is 48.9 Å². The molecular weight excluding hydrogens is 238 g/mol. The number of aliphatic hydroxyl groups excluding tert-OH is 1. The Kier molecular flexibility index (Phi) is 5.83. The van der Waals surface area contributed by atoms with Crippen molar-refractivity contribution in [3.8, 4) is 5.75 Å². The average Bonchev–Trinajstić information content (AvgIpc) is 2.39. The highest BCUT2D eigenvalue weighted by Crippen LogP contribution is 2.14. The maximum atomic E-state index is 10.8. The zero-order valence-electron chi connectivity index (χ0n) is 9.78. The number of hydrogen-bond donors (Lipinski definition) is 2. The number of carbonyl (C=O) groups is 1. The van der Waals surface area contributed by atoms with Gasteiger partial charge in [-0.1, -0.05) is 6.07 Å². The van der Waals surface area contributed by atoms with Gasteiger partial charge < -0.3 is 19.7 Å². The van der Waals surface area contributed by atoms with Gasteiger partial charge in [-0.2, -0.15) is 0 Å². The highest BCUT2D eigenvalue weighted by molar-refractivity contribution is 5.87. The Morgan fingerprint density at radius 1 is 1.50 bits per heavy atom. The van der Waals surface area contributed by atoms with Crippen molar-refractivity contribution in [2.24, 2.45) is 4.99 Å². The number of aliphatic imine (C=N–C) groups is 1. The van der Waals surface area contributed by atoms with Gasteiger partial charge in [0.2, 0.25) is 0 Å². The van der Waals surface area contributed by atoms with Gasteiger partial charge >= 0.3 is 5.97 Å². The van der Waals surface area contributed by atoms with Crippen LogP contribution < -0.4 is 4.74 Å². The molecule has 0 saturated carbocycles. The van der Waals surface area contributed by atoms with E-state index in [1.807, 2.05) is 0 Å². The number of hydrogen-bond acceptors (Lipinski definition) is 5. The summed E-state index contributed by atoms with van der Waals surface area (Å²) in [5, 5.41) is 17.4. The quantitative estimate of drug-likeness (QED) is 0.669. The van der Waals surface area contributed by atoms with Crippen LogP contribution in [0.5, 0.6) is 5.75 Å². The normalized spacial score (nSPS) is 11.8. The lowest BCUT2D eigenvalue weighted by Crippen LogP contribution is -2.21. The molecule has 0 aliphatic carbocycles. The lowest BCUT2D eigenvalue weighted by atomic mass is 10.2. The molecule has 2 N–H and O–H groups in total. The Morgan fingerprint density at radius 2 is 2.28 bits per heavy atom. The van der Waals surface area contributed by atoms with Gasteiger partial charge in [-0.3, -0.25) is 4.99 Å². The summed E-state index contributed by atoms with van der Waals surface area (Å²) in [6.07, 6.45) is -0.592. The number of aliphatic hydroxyl groups is 1. The van der Waals surface area contributed by atoms with Gasteiger partial charge in [0.1, 0.15) is 12.4 Å². The van der Waals surface area contributed by atoms with Gasteiger partial charge in [0, 0.05) is 0 Å². The number of aromatic carboxylic acids is 1. The van der Waals surface area contributed by atoms with Crippen molar-refractivity contribution in [2.75, 3.05) is 19.8 Å². The van der Waals surface area contributed by atoms with E-state index in [9.17, 15) is 4.79 Å². The molecule has 1 rings (SSSR count). The molecule has 0 fully saturated rings. The summed E-state index contributed by atoms with van der Waals surface area (Å²) in [5.41, 5.74) is 0.145. The standard InChI is InChI=1S/C12H15NO5/c1-13-11(17-6-5-14)8-18-10-4-2-3-9(7-10)12(15)16/h2-4,7,11,14H,1,5-6,8H2,(H,15,16). The second-order valence-corrected chi connectivity index (χ2v) is 3.38. The van der Waals surface area contributed by atoms with Gasteiger partial charge in [-0.15, -0.1) is 0 Å². The number of rotatable bonds is 8. The van der Waals surface area contributed by atoms with E-state index < -0.39 is 12.2 Å². The van der Waals surface area contributed by atoms with Gasteiger partial charge in [0.05, 0.1) is 18.8 Å². The summed E-state index contributed by atoms with van der Waals surface area (Å²) < 4.78 is 10.5. The predicted octanol–water partition coefficient (Wildman–Crippen LogP) is 0.799. The lowest BCUT2D eigenvalue weighted by molar-refractivity contribution is 0.00843. The first-order chi connectivity index (χ1) is 8.67. The predicted molar refractivity (Wildman–Crippen MR) is 65.3 cm³/mol. The SMILES string of the molecule is C=NC(COc1cccc(C(=O)O)c1)OCCO. The van der Waals surface area contributed by atoms with E-state index in [0.29, 0.717) is 5.75 Å². The van der Waals surface area contributed by atoms with Crippen molar-refractivity contribution >= 4 is 12.7 Å². The summed E-state index contributed by atoms with van der Waals surface area (Å²) in [5.74, 6) is -0.605. The Hall–Kier alpha value is -1.92. The summed E-state index contributed by atoms with van der Waals surface area (Å²) in [6.45, 7) is 3.48. The molecule has 6 heteroatoms. The monoisotopic (exact) mass is 253 g/mol. The van der Waals surface area contributed by atoms with Crippen molar-refractivity contribution in [3.05, 3.63) is 29.8 Å². The third-order valence-corrected chi connectivity index (χ3v) is 2.08. The summed E-state index contributed by atoms with van der Waals surface area (Å²) >= 11 is 0. The summed E-state index contributed by atoms with van der Waals surface area (Å²) in [7, 11) is 0. The van der Waals surface area contributed by atoms with E-state index in [0.717, 1.165) is 0 Å². The number of carboxylic acids is 1. The van der Waals surface area contributed by atoms with E-state index in [2.05, 4.69) is 11.7 Å². The van der Waals surface area contributed by atoms with Crippen LogP contribution in [0.4, 0.5) is 0 Å². The fourth-order valence-corrected chi connectivity index (χ4v) is 1.23. The third kappa shape index (κ3) is 4.52. The highest BCUT2D eigenvalue weighted by atomic mass is 16.5. The first-order valence-electron chi connectivity index (χ1n) is 5.32. The largest absolute Gasteiger partial charge is 0.489 e. The minimum atomic E-state index is -1.02. The fraction of sp³-hybridized carbons (Fsp3) is 0.333. The number of nitrogens with zero attached hydrogens (tertiary/aromatic N) is 1. The van der Waals surface area contributed by atoms with Crippen molar-refractivity contribution in [2.45, 2.75) is 6.23 Å². The van der Waals surface area contributed by atoms with Gasteiger partial charge in [0.25, 0.3) is 0 Å². The van der Waals surface area contributed by atoms with Crippen LogP contribution in [0.25, 0.3) is 0 Å². The number of benzene rings is 1. The molecule has 1 aromatic rings. The van der Waals surface area contributed by atoms with Crippen molar-refractivity contribution in [1.29, 1.82) is 0 Å². The van der Waals surface area contributed by atoms with Crippen LogP contribution in [0.2, 0.25) is 0 Å². The highest BCUT2D eigenvalue weighted by Gasteiger charge is 2.08. The Bertz CT molecular complexity index is 407. The Morgan fingerprint density at radius 3 is 2.89 bits per heavy atom. The van der Waals surface area contributed by atoms with Crippen LogP contribution in [-0.2, 0) is 4.74 Å². The molecule has 1 aromatic carbocycles. The first-order valence-corrected chi connectivity index (χ1v) is 5.32. The minimum Gasteiger partial charge on any atom is -0.489 e. The molecule has 0 aliphatic heterocycles. The van der Waals surface area contributed by atoms with E-state index in [4.69, 9.17) is 19.7 Å². The maximum Gasteiger partial charge on any atom is 0.335 e. The van der Waals surface area contributed by atoms with Crippen LogP contribution in [0.3, 0.4) is 0 Å². The zero-order chi connectivity index (χ0) is 13.4. The molecule has 0 radical (unpaired) electrons. The molecule has 0 spiro atoms. The second kappa shape index (κ2) is 7.41. The van der Waals surface area contributed by atoms with Crippen LogP contribution in [0.1, 0.15) is 10.4 Å². The molecule has 98 valence electrons. The molecule has 6 nitrogen and oxygen atoms in total. The molecule has 0 amide bonds. The lowest BCUT2D eigenvalue weighted by Gasteiger charge is -2.13. The fourth-order valence-electron chi connectivity index (χ4n) is 1.23. The first kappa shape index (κ1) is 14.1. The summed E-state index contributed by atoms with van der Waals surface area (Å²) in [4.78, 5) is 14.4. The van der Waals surface area contributed by atoms with E-state index in [-0.39, 0.29) is 25.4 Å². The molecule has 1 unspecified atom stereocenters. The molecule has 1 atom stereocenters. The molecule has 0 heterocycles. The van der Waals surface area contributed by atoms with Crippen LogP contribution in [0.15, 0.2) is 29.3 Å². The number of carboxylic acid groups (broad SMARTS) is 1. The molecule has 18 heavy (non-hydrogen) atoms. The van der Waals surface area contributed by atoms with Gasteiger partial charge in [0.15, 0.2) is 6.23 Å². The Labute approximate surface area is 104 Å². The van der Waals surface area contributed by atoms with Gasteiger partial charge in [-0.05, 0) is 24.9 Å². The van der Waals surface area contributed by atoms with Crippen LogP contribution >= 0.6 is 0 Å². The summed E-state index contributed by atoms with van der Waals surface area (Å²) in [6, 6.07) is 6.11. The zero-order valence-corrected chi connectivity index (χ0v) is 9.78.